The molecule has 0 aliphatic carbocycles. The van der Waals surface area contributed by atoms with Crippen molar-refractivity contribution in [2.24, 2.45) is 0 Å². The van der Waals surface area contributed by atoms with Crippen LogP contribution in [0.15, 0.2) is 40.7 Å². The van der Waals surface area contributed by atoms with Gasteiger partial charge in [0.25, 0.3) is 0 Å². The Morgan fingerprint density at radius 1 is 1.21 bits per heavy atom. The lowest BCUT2D eigenvalue weighted by Gasteiger charge is -2.28. The number of ether oxygens (including phenoxy) is 2. The van der Waals surface area contributed by atoms with Gasteiger partial charge in [-0.2, -0.15) is 0 Å². The molecular weight excluding hydrogens is 456 g/mol. The van der Waals surface area contributed by atoms with E-state index in [9.17, 15) is 9.59 Å². The molecule has 0 bridgehead atoms. The largest absolute Gasteiger partial charge is 0.495 e. The smallest absolute Gasteiger partial charge is 0.337 e. The Kier molecular flexibility index (Phi) is 7.61. The van der Waals surface area contributed by atoms with Crippen molar-refractivity contribution in [1.29, 1.82) is 0 Å². The zero-order chi connectivity index (χ0) is 24.1. The first-order valence-electron chi connectivity index (χ1n) is 11.5. The van der Waals surface area contributed by atoms with E-state index in [1.165, 1.54) is 18.2 Å². The van der Waals surface area contributed by atoms with Crippen LogP contribution in [0.1, 0.15) is 33.1 Å². The molecule has 10 nitrogen and oxygen atoms in total. The number of benzene rings is 1. The summed E-state index contributed by atoms with van der Waals surface area (Å²) in [6, 6.07) is 6.93. The Bertz CT molecular complexity index is 1080. The van der Waals surface area contributed by atoms with Crippen LogP contribution in [0.5, 0.6) is 5.75 Å². The molecule has 2 N–H and O–H groups in total. The number of methoxy groups -OCH3 is 1. The van der Waals surface area contributed by atoms with Crippen molar-refractivity contribution in [3.63, 3.8) is 0 Å². The molecule has 2 aromatic rings. The number of amides is 2. The van der Waals surface area contributed by atoms with E-state index in [1.54, 1.807) is 21.0 Å². The molecule has 0 saturated carbocycles. The molecule has 2 aliphatic rings. The van der Waals surface area contributed by atoms with Gasteiger partial charge < -0.3 is 25.0 Å². The second-order valence-electron chi connectivity index (χ2n) is 8.06. The van der Waals surface area contributed by atoms with Crippen molar-refractivity contribution >= 4 is 29.7 Å². The monoisotopic (exact) mass is 486 g/mol. The Morgan fingerprint density at radius 2 is 1.97 bits per heavy atom. The number of para-hydroxylation sites is 2. The molecule has 0 radical (unpaired) electrons. The van der Waals surface area contributed by atoms with E-state index >= 15 is 0 Å². The lowest BCUT2D eigenvalue weighted by Crippen LogP contribution is -2.49. The van der Waals surface area contributed by atoms with Crippen molar-refractivity contribution in [3.05, 3.63) is 35.5 Å². The summed E-state index contributed by atoms with van der Waals surface area (Å²) < 4.78 is 12.8. The molecule has 1 unspecified atom stereocenters. The summed E-state index contributed by atoms with van der Waals surface area (Å²) in [5.74, 6) is 1.34. The van der Waals surface area contributed by atoms with E-state index in [-0.39, 0.29) is 12.6 Å². The third kappa shape index (κ3) is 4.98. The minimum absolute atomic E-state index is 0.255. The first-order chi connectivity index (χ1) is 16.5. The fourth-order valence-electron chi connectivity index (χ4n) is 4.21. The van der Waals surface area contributed by atoms with Crippen molar-refractivity contribution in [1.82, 2.24) is 25.4 Å². The summed E-state index contributed by atoms with van der Waals surface area (Å²) in [4.78, 5) is 27.0. The maximum atomic E-state index is 12.6. The van der Waals surface area contributed by atoms with Crippen LogP contribution in [0.3, 0.4) is 0 Å². The second kappa shape index (κ2) is 10.8. The molecule has 34 heavy (non-hydrogen) atoms. The number of anilines is 1. The highest BCUT2D eigenvalue weighted by Crippen LogP contribution is 2.33. The predicted molar refractivity (Wildman–Crippen MR) is 129 cm³/mol. The molecular formula is C23H30N6O4S. The fraction of sp³-hybridized carbons (Fsp3) is 0.478. The Morgan fingerprint density at radius 3 is 2.71 bits per heavy atom. The summed E-state index contributed by atoms with van der Waals surface area (Å²) in [6.45, 7) is 5.60. The number of urea groups is 1. The molecule has 2 aliphatic heterocycles. The SMILES string of the molecule is CCOC(=O)C1=C(CSc2nnc(N3CCCCC3)n2-c2ccccc2OC)NC(=O)NC1C. The second-order valence-corrected chi connectivity index (χ2v) is 9.00. The van der Waals surface area contributed by atoms with E-state index < -0.39 is 12.0 Å². The van der Waals surface area contributed by atoms with Gasteiger partial charge in [-0.15, -0.1) is 10.2 Å². The van der Waals surface area contributed by atoms with Gasteiger partial charge >= 0.3 is 12.0 Å². The van der Waals surface area contributed by atoms with Crippen molar-refractivity contribution in [2.45, 2.75) is 44.3 Å². The first-order valence-corrected chi connectivity index (χ1v) is 12.5. The number of nitrogens with zero attached hydrogens (tertiary/aromatic N) is 4. The van der Waals surface area contributed by atoms with Gasteiger partial charge in [0.1, 0.15) is 5.75 Å². The van der Waals surface area contributed by atoms with Gasteiger partial charge in [-0.25, -0.2) is 9.59 Å². The molecule has 1 aromatic heterocycles. The van der Waals surface area contributed by atoms with Crippen LogP contribution >= 0.6 is 11.8 Å². The molecule has 0 spiro atoms. The molecule has 1 atom stereocenters. The summed E-state index contributed by atoms with van der Waals surface area (Å²) in [5.41, 5.74) is 1.75. The normalized spacial score (nSPS) is 18.4. The molecule has 1 saturated heterocycles. The van der Waals surface area contributed by atoms with E-state index in [4.69, 9.17) is 9.47 Å². The van der Waals surface area contributed by atoms with Crippen molar-refractivity contribution in [2.75, 3.05) is 37.5 Å². The Balaban J connectivity index is 1.70. The van der Waals surface area contributed by atoms with Gasteiger partial charge in [0.15, 0.2) is 5.16 Å². The molecule has 1 aromatic carbocycles. The van der Waals surface area contributed by atoms with Crippen molar-refractivity contribution in [3.8, 4) is 11.4 Å². The summed E-state index contributed by atoms with van der Waals surface area (Å²) >= 11 is 1.39. The minimum atomic E-state index is -0.459. The van der Waals surface area contributed by atoms with E-state index in [0.29, 0.717) is 27.9 Å². The van der Waals surface area contributed by atoms with Crippen LogP contribution in [0, 0.1) is 0 Å². The number of thioether (sulfide) groups is 1. The van der Waals surface area contributed by atoms with Crippen molar-refractivity contribution < 1.29 is 19.1 Å². The Labute approximate surface area is 203 Å². The average Bonchev–Trinajstić information content (AvgIpc) is 3.26. The standard InChI is InChI=1S/C23H30N6O4S/c1-4-33-20(30)19-15(2)24-21(31)25-16(19)14-34-23-27-26-22(28-12-8-5-9-13-28)29(23)17-10-6-7-11-18(17)32-3/h6-7,10-11,15H,4-5,8-9,12-14H2,1-3H3,(H2,24,25,31). The van der Waals surface area contributed by atoms with Crippen LogP contribution in [0.25, 0.3) is 5.69 Å². The van der Waals surface area contributed by atoms with E-state index in [1.807, 2.05) is 28.8 Å². The number of aromatic nitrogens is 3. The fourth-order valence-corrected chi connectivity index (χ4v) is 5.12. The molecule has 4 rings (SSSR count). The highest BCUT2D eigenvalue weighted by Gasteiger charge is 2.30. The maximum Gasteiger partial charge on any atom is 0.337 e. The lowest BCUT2D eigenvalue weighted by molar-refractivity contribution is -0.138. The molecule has 3 heterocycles. The molecule has 1 fully saturated rings. The number of piperidine rings is 1. The van der Waals surface area contributed by atoms with Gasteiger partial charge in [-0.1, -0.05) is 23.9 Å². The highest BCUT2D eigenvalue weighted by molar-refractivity contribution is 7.99. The van der Waals surface area contributed by atoms with Gasteiger partial charge in [0.2, 0.25) is 5.95 Å². The van der Waals surface area contributed by atoms with Gasteiger partial charge in [0, 0.05) is 24.5 Å². The van der Waals surface area contributed by atoms with Gasteiger partial charge in [0.05, 0.1) is 31.0 Å². The van der Waals surface area contributed by atoms with Crippen LogP contribution in [-0.4, -0.2) is 65.4 Å². The zero-order valence-electron chi connectivity index (χ0n) is 19.7. The van der Waals surface area contributed by atoms with Crippen LogP contribution < -0.4 is 20.3 Å². The topological polar surface area (TPSA) is 111 Å². The predicted octanol–water partition coefficient (Wildman–Crippen LogP) is 2.88. The summed E-state index contributed by atoms with van der Waals surface area (Å²) in [5, 5.41) is 15.1. The van der Waals surface area contributed by atoms with Gasteiger partial charge in [-0.3, -0.25) is 4.57 Å². The summed E-state index contributed by atoms with van der Waals surface area (Å²) in [6.07, 6.45) is 3.42. The Hall–Kier alpha value is -3.21. The first kappa shape index (κ1) is 23.9. The summed E-state index contributed by atoms with van der Waals surface area (Å²) in [7, 11) is 1.64. The zero-order valence-corrected chi connectivity index (χ0v) is 20.5. The number of hydrogen-bond acceptors (Lipinski definition) is 8. The third-order valence-electron chi connectivity index (χ3n) is 5.79. The third-order valence-corrected chi connectivity index (χ3v) is 6.75. The number of rotatable bonds is 8. The van der Waals surface area contributed by atoms with Crippen LogP contribution in [0.4, 0.5) is 10.7 Å². The van der Waals surface area contributed by atoms with Gasteiger partial charge in [-0.05, 0) is 45.2 Å². The van der Waals surface area contributed by atoms with E-state index in [2.05, 4.69) is 25.7 Å². The van der Waals surface area contributed by atoms with Crippen LogP contribution in [0.2, 0.25) is 0 Å². The van der Waals surface area contributed by atoms with E-state index in [0.717, 1.165) is 37.6 Å². The molecule has 2 amide bonds. The molecule has 11 heteroatoms. The number of carbonyl (C=O) groups is 2. The minimum Gasteiger partial charge on any atom is -0.495 e. The molecule has 182 valence electrons. The number of carbonyl (C=O) groups excluding carboxylic acids is 2. The number of esters is 1. The number of hydrogen-bond donors (Lipinski definition) is 2. The quantitative estimate of drug-likeness (QED) is 0.433. The highest BCUT2D eigenvalue weighted by atomic mass is 32.2. The van der Waals surface area contributed by atoms with Crippen LogP contribution in [-0.2, 0) is 9.53 Å². The number of nitrogens with one attached hydrogen (secondary N) is 2. The maximum absolute atomic E-state index is 12.6. The average molecular weight is 487 g/mol. The lowest BCUT2D eigenvalue weighted by atomic mass is 10.1.